The van der Waals surface area contributed by atoms with Crippen molar-refractivity contribution in [2.24, 2.45) is 0 Å². The summed E-state index contributed by atoms with van der Waals surface area (Å²) in [5, 5.41) is 11.4. The van der Waals surface area contributed by atoms with Gasteiger partial charge in [-0.1, -0.05) is 53.7 Å². The van der Waals surface area contributed by atoms with E-state index >= 15 is 0 Å². The van der Waals surface area contributed by atoms with Gasteiger partial charge in [0.2, 0.25) is 5.91 Å². The van der Waals surface area contributed by atoms with Crippen molar-refractivity contribution in [3.8, 4) is 0 Å². The second kappa shape index (κ2) is 10.6. The van der Waals surface area contributed by atoms with Gasteiger partial charge in [0, 0.05) is 5.02 Å². The molecular weight excluding hydrogens is 475 g/mol. The summed E-state index contributed by atoms with van der Waals surface area (Å²) < 4.78 is 41.8. The first kappa shape index (κ1) is 25.1. The quantitative estimate of drug-likeness (QED) is 0.462. The van der Waals surface area contributed by atoms with E-state index in [9.17, 15) is 18.0 Å². The number of hydrogen-bond donors (Lipinski definition) is 2. The van der Waals surface area contributed by atoms with E-state index in [1.54, 1.807) is 0 Å². The maximum absolute atomic E-state index is 13.3. The molecule has 1 amide bonds. The van der Waals surface area contributed by atoms with Crippen molar-refractivity contribution in [1.82, 2.24) is 14.8 Å². The van der Waals surface area contributed by atoms with Crippen molar-refractivity contribution in [2.45, 2.75) is 30.8 Å². The van der Waals surface area contributed by atoms with Gasteiger partial charge in [0.1, 0.15) is 6.04 Å². The van der Waals surface area contributed by atoms with E-state index in [1.807, 2.05) is 55.9 Å². The smallest absolute Gasteiger partial charge is 0.331 e. The molecule has 0 saturated carbocycles. The Bertz CT molecular complexity index is 1110. The predicted molar refractivity (Wildman–Crippen MR) is 123 cm³/mol. The molecule has 3 aromatic rings. The number of hydrogen-bond acceptors (Lipinski definition) is 4. The molecule has 0 radical (unpaired) electrons. The maximum Gasteiger partial charge on any atom is 0.418 e. The maximum atomic E-state index is 13.3. The number of amides is 1. The molecule has 1 aromatic heterocycles. The summed E-state index contributed by atoms with van der Waals surface area (Å²) in [5.41, 5.74) is -0.291. The molecule has 0 bridgehead atoms. The molecule has 0 aliphatic rings. The fourth-order valence-electron chi connectivity index (χ4n) is 3.08. The van der Waals surface area contributed by atoms with E-state index < -0.39 is 17.6 Å². The average Bonchev–Trinajstić information content (AvgIpc) is 3.15. The summed E-state index contributed by atoms with van der Waals surface area (Å²) >= 11 is 6.82. The van der Waals surface area contributed by atoms with Crippen LogP contribution in [0.2, 0.25) is 5.02 Å². The largest absolute Gasteiger partial charge is 0.418 e. The molecule has 6 nitrogen and oxygen atoms in total. The monoisotopic (exact) mass is 498 g/mol. The second-order valence-corrected chi connectivity index (χ2v) is 9.12. The minimum absolute atomic E-state index is 0.0489. The Labute approximate surface area is 199 Å². The van der Waals surface area contributed by atoms with Gasteiger partial charge in [-0.3, -0.25) is 9.36 Å². The van der Waals surface area contributed by atoms with Crippen LogP contribution in [0.5, 0.6) is 0 Å². The standard InChI is InChI=1S/C22H23ClF3N5OS/c1-14(30(2)3)20-28-29-21(31(20)12-15-7-5-4-6-8-15)33-13-19(32)27-18-10-9-16(23)11-17(18)22(24,25)26/h4-11,14H,12-13H2,1-3H3,(H,27,32)/p+1/t14-/m1/s1. The molecule has 11 heteroatoms. The fraction of sp³-hybridized carbons (Fsp3) is 0.318. The molecule has 1 atom stereocenters. The number of aromatic nitrogens is 3. The summed E-state index contributed by atoms with van der Waals surface area (Å²) in [4.78, 5) is 13.6. The van der Waals surface area contributed by atoms with Gasteiger partial charge >= 0.3 is 6.18 Å². The van der Waals surface area contributed by atoms with E-state index in [0.29, 0.717) is 11.7 Å². The van der Waals surface area contributed by atoms with Crippen molar-refractivity contribution in [3.63, 3.8) is 0 Å². The highest BCUT2D eigenvalue weighted by Crippen LogP contribution is 2.36. The van der Waals surface area contributed by atoms with Crippen LogP contribution >= 0.6 is 23.4 Å². The van der Waals surface area contributed by atoms with Gasteiger partial charge in [-0.2, -0.15) is 13.2 Å². The first-order valence-electron chi connectivity index (χ1n) is 10.1. The SMILES string of the molecule is C[C@H](c1nnc(SCC(=O)Nc2ccc(Cl)cc2C(F)(F)F)n1Cc1ccccc1)[NH+](C)C. The molecule has 0 fully saturated rings. The lowest BCUT2D eigenvalue weighted by Gasteiger charge is -2.18. The summed E-state index contributed by atoms with van der Waals surface area (Å²) in [6, 6.07) is 13.0. The minimum Gasteiger partial charge on any atom is -0.331 e. The number of thioether (sulfide) groups is 1. The van der Waals surface area contributed by atoms with Crippen LogP contribution < -0.4 is 10.2 Å². The number of carbonyl (C=O) groups excluding carboxylic acids is 1. The first-order valence-corrected chi connectivity index (χ1v) is 11.5. The minimum atomic E-state index is -4.64. The third-order valence-corrected chi connectivity index (χ3v) is 6.28. The highest BCUT2D eigenvalue weighted by Gasteiger charge is 2.34. The van der Waals surface area contributed by atoms with Gasteiger partial charge < -0.3 is 10.2 Å². The van der Waals surface area contributed by atoms with Crippen LogP contribution in [0.15, 0.2) is 53.7 Å². The lowest BCUT2D eigenvalue weighted by molar-refractivity contribution is -0.890. The zero-order valence-electron chi connectivity index (χ0n) is 18.3. The van der Waals surface area contributed by atoms with E-state index in [1.165, 1.54) is 6.07 Å². The van der Waals surface area contributed by atoms with Crippen molar-refractivity contribution in [3.05, 3.63) is 70.5 Å². The van der Waals surface area contributed by atoms with Gasteiger partial charge in [-0.25, -0.2) is 0 Å². The van der Waals surface area contributed by atoms with Crippen LogP contribution in [0, 0.1) is 0 Å². The van der Waals surface area contributed by atoms with Gasteiger partial charge in [-0.15, -0.1) is 10.2 Å². The number of nitrogens with zero attached hydrogens (tertiary/aromatic N) is 3. The zero-order chi connectivity index (χ0) is 24.2. The Morgan fingerprint density at radius 3 is 2.52 bits per heavy atom. The normalized spacial score (nSPS) is 12.7. The fourth-order valence-corrected chi connectivity index (χ4v) is 3.99. The van der Waals surface area contributed by atoms with Gasteiger partial charge in [0.15, 0.2) is 11.0 Å². The molecule has 176 valence electrons. The summed E-state index contributed by atoms with van der Waals surface area (Å²) in [7, 11) is 4.02. The lowest BCUT2D eigenvalue weighted by Crippen LogP contribution is -3.05. The van der Waals surface area contributed by atoms with Crippen LogP contribution in [-0.2, 0) is 17.5 Å². The first-order chi connectivity index (χ1) is 15.6. The zero-order valence-corrected chi connectivity index (χ0v) is 19.9. The highest BCUT2D eigenvalue weighted by atomic mass is 35.5. The van der Waals surface area contributed by atoms with Crippen LogP contribution in [-0.4, -0.2) is 40.5 Å². The molecule has 33 heavy (non-hydrogen) atoms. The Kier molecular flexibility index (Phi) is 8.04. The Balaban J connectivity index is 1.78. The van der Waals surface area contributed by atoms with Crippen molar-refractivity contribution >= 4 is 35.0 Å². The molecule has 1 heterocycles. The third-order valence-electron chi connectivity index (χ3n) is 5.08. The number of carbonyl (C=O) groups is 1. The van der Waals surface area contributed by atoms with Gasteiger partial charge in [-0.05, 0) is 30.7 Å². The number of nitrogens with one attached hydrogen (secondary N) is 2. The van der Waals surface area contributed by atoms with E-state index in [2.05, 4.69) is 15.5 Å². The highest BCUT2D eigenvalue weighted by molar-refractivity contribution is 7.99. The van der Waals surface area contributed by atoms with Crippen LogP contribution in [0.3, 0.4) is 0 Å². The Morgan fingerprint density at radius 2 is 1.88 bits per heavy atom. The van der Waals surface area contributed by atoms with Crippen LogP contribution in [0.25, 0.3) is 0 Å². The third kappa shape index (κ3) is 6.49. The molecule has 0 aliphatic carbocycles. The molecular formula is C22H24ClF3N5OS+. The Hall–Kier alpha value is -2.56. The molecule has 3 rings (SSSR count). The predicted octanol–water partition coefficient (Wildman–Crippen LogP) is 3.93. The number of halogens is 4. The summed E-state index contributed by atoms with van der Waals surface area (Å²) in [6.07, 6.45) is -4.64. The van der Waals surface area contributed by atoms with Crippen molar-refractivity contribution < 1.29 is 22.9 Å². The number of quaternary nitrogens is 1. The number of rotatable bonds is 8. The molecule has 2 aromatic carbocycles. The number of benzene rings is 2. The molecule has 0 saturated heterocycles. The van der Waals surface area contributed by atoms with Crippen LogP contribution in [0.4, 0.5) is 18.9 Å². The molecule has 2 N–H and O–H groups in total. The van der Waals surface area contributed by atoms with Gasteiger partial charge in [0.25, 0.3) is 0 Å². The Morgan fingerprint density at radius 1 is 1.18 bits per heavy atom. The van der Waals surface area contributed by atoms with Crippen molar-refractivity contribution in [2.75, 3.05) is 25.2 Å². The van der Waals surface area contributed by atoms with E-state index in [4.69, 9.17) is 11.6 Å². The summed E-state index contributed by atoms with van der Waals surface area (Å²) in [6.45, 7) is 2.54. The number of alkyl halides is 3. The van der Waals surface area contributed by atoms with Crippen LogP contribution in [0.1, 0.15) is 29.9 Å². The van der Waals surface area contributed by atoms with Crippen molar-refractivity contribution in [1.29, 1.82) is 0 Å². The number of anilines is 1. The average molecular weight is 499 g/mol. The second-order valence-electron chi connectivity index (χ2n) is 7.74. The van der Waals surface area contributed by atoms with Gasteiger partial charge in [0.05, 0.1) is 37.6 Å². The van der Waals surface area contributed by atoms with E-state index in [-0.39, 0.29) is 22.5 Å². The summed E-state index contributed by atoms with van der Waals surface area (Å²) in [5.74, 6) is 0.0458. The molecule has 0 unspecified atom stereocenters. The lowest BCUT2D eigenvalue weighted by atomic mass is 10.1. The molecule has 0 spiro atoms. The molecule has 0 aliphatic heterocycles. The topological polar surface area (TPSA) is 64.2 Å². The van der Waals surface area contributed by atoms with E-state index in [0.717, 1.165) is 40.2 Å².